The molecular weight excluding hydrogens is 300 g/mol. The molecule has 22 heavy (non-hydrogen) atoms. The Balaban J connectivity index is 1.94. The van der Waals surface area contributed by atoms with E-state index in [1.807, 2.05) is 6.92 Å². The molecule has 0 bridgehead atoms. The van der Waals surface area contributed by atoms with Crippen molar-refractivity contribution < 1.29 is 13.2 Å². The SMILES string of the molecule is CC[C@@H]1COC(C(C)CCN(C)S(=O)(=O)c2ccccc2)=N1. The first-order valence-corrected chi connectivity index (χ1v) is 9.11. The summed E-state index contributed by atoms with van der Waals surface area (Å²) >= 11 is 0. The molecule has 0 radical (unpaired) electrons. The maximum Gasteiger partial charge on any atom is 0.242 e. The summed E-state index contributed by atoms with van der Waals surface area (Å²) in [6, 6.07) is 8.76. The summed E-state index contributed by atoms with van der Waals surface area (Å²) in [6.45, 7) is 5.21. The minimum Gasteiger partial charge on any atom is -0.478 e. The Labute approximate surface area is 133 Å². The van der Waals surface area contributed by atoms with Crippen LogP contribution in [-0.2, 0) is 14.8 Å². The van der Waals surface area contributed by atoms with Gasteiger partial charge in [-0.2, -0.15) is 0 Å². The van der Waals surface area contributed by atoms with Crippen LogP contribution in [0.5, 0.6) is 0 Å². The number of hydrogen-bond donors (Lipinski definition) is 0. The van der Waals surface area contributed by atoms with Crippen molar-refractivity contribution in [3.05, 3.63) is 30.3 Å². The van der Waals surface area contributed by atoms with Crippen molar-refractivity contribution in [2.24, 2.45) is 10.9 Å². The van der Waals surface area contributed by atoms with Gasteiger partial charge in [0, 0.05) is 19.5 Å². The number of rotatable bonds is 7. The second-order valence-corrected chi connectivity index (χ2v) is 7.71. The second kappa shape index (κ2) is 7.24. The Morgan fingerprint density at radius 3 is 2.64 bits per heavy atom. The van der Waals surface area contributed by atoms with E-state index in [9.17, 15) is 8.42 Å². The molecule has 1 aromatic carbocycles. The maximum atomic E-state index is 12.4. The second-order valence-electron chi connectivity index (χ2n) is 5.67. The number of nitrogens with zero attached hydrogens (tertiary/aromatic N) is 2. The van der Waals surface area contributed by atoms with Crippen molar-refractivity contribution in [3.8, 4) is 0 Å². The van der Waals surface area contributed by atoms with E-state index in [2.05, 4.69) is 11.9 Å². The number of ether oxygens (including phenoxy) is 1. The maximum absolute atomic E-state index is 12.4. The van der Waals surface area contributed by atoms with Gasteiger partial charge in [-0.15, -0.1) is 0 Å². The van der Waals surface area contributed by atoms with Crippen LogP contribution in [0.3, 0.4) is 0 Å². The first-order chi connectivity index (χ1) is 10.4. The van der Waals surface area contributed by atoms with Crippen LogP contribution < -0.4 is 0 Å². The smallest absolute Gasteiger partial charge is 0.242 e. The highest BCUT2D eigenvalue weighted by atomic mass is 32.2. The summed E-state index contributed by atoms with van der Waals surface area (Å²) in [6.07, 6.45) is 1.66. The van der Waals surface area contributed by atoms with Gasteiger partial charge in [-0.05, 0) is 25.0 Å². The molecule has 0 spiro atoms. The zero-order valence-corrected chi connectivity index (χ0v) is 14.2. The predicted molar refractivity (Wildman–Crippen MR) is 87.5 cm³/mol. The van der Waals surface area contributed by atoms with Crippen molar-refractivity contribution in [2.45, 2.75) is 37.6 Å². The molecule has 0 fully saturated rings. The van der Waals surface area contributed by atoms with Gasteiger partial charge in [-0.25, -0.2) is 17.7 Å². The summed E-state index contributed by atoms with van der Waals surface area (Å²) in [5.74, 6) is 0.891. The molecule has 0 saturated carbocycles. The highest BCUT2D eigenvalue weighted by Gasteiger charge is 2.25. The molecule has 2 atom stereocenters. The normalized spacial score (nSPS) is 19.8. The highest BCUT2D eigenvalue weighted by molar-refractivity contribution is 7.89. The fourth-order valence-electron chi connectivity index (χ4n) is 2.31. The van der Waals surface area contributed by atoms with Gasteiger partial charge in [0.1, 0.15) is 6.61 Å². The molecule has 1 heterocycles. The Hall–Kier alpha value is -1.40. The number of benzene rings is 1. The summed E-state index contributed by atoms with van der Waals surface area (Å²) in [4.78, 5) is 4.86. The highest BCUT2D eigenvalue weighted by Crippen LogP contribution is 2.18. The van der Waals surface area contributed by atoms with E-state index in [-0.39, 0.29) is 12.0 Å². The van der Waals surface area contributed by atoms with E-state index in [0.29, 0.717) is 24.5 Å². The lowest BCUT2D eigenvalue weighted by Gasteiger charge is -2.19. The molecule has 0 saturated heterocycles. The third-order valence-electron chi connectivity index (χ3n) is 3.95. The van der Waals surface area contributed by atoms with Crippen LogP contribution in [0.25, 0.3) is 0 Å². The van der Waals surface area contributed by atoms with E-state index < -0.39 is 10.0 Å². The topological polar surface area (TPSA) is 59.0 Å². The summed E-state index contributed by atoms with van der Waals surface area (Å²) in [7, 11) is -1.81. The fourth-order valence-corrected chi connectivity index (χ4v) is 3.51. The molecule has 0 aliphatic carbocycles. The number of hydrogen-bond acceptors (Lipinski definition) is 4. The van der Waals surface area contributed by atoms with E-state index in [4.69, 9.17) is 4.74 Å². The van der Waals surface area contributed by atoms with E-state index >= 15 is 0 Å². The molecular formula is C16H24N2O3S. The van der Waals surface area contributed by atoms with E-state index in [0.717, 1.165) is 12.3 Å². The fraction of sp³-hybridized carbons (Fsp3) is 0.562. The van der Waals surface area contributed by atoms with Crippen LogP contribution in [0.4, 0.5) is 0 Å². The van der Waals surface area contributed by atoms with Crippen LogP contribution in [0.2, 0.25) is 0 Å². The summed E-state index contributed by atoms with van der Waals surface area (Å²) in [5.41, 5.74) is 0. The van der Waals surface area contributed by atoms with Gasteiger partial charge in [-0.1, -0.05) is 32.0 Å². The third-order valence-corrected chi connectivity index (χ3v) is 5.83. The molecule has 6 heteroatoms. The average Bonchev–Trinajstić information content (AvgIpc) is 3.02. The van der Waals surface area contributed by atoms with E-state index in [1.165, 1.54) is 4.31 Å². The largest absolute Gasteiger partial charge is 0.478 e. The molecule has 5 nitrogen and oxygen atoms in total. The number of aliphatic imine (C=N–C) groups is 1. The minimum absolute atomic E-state index is 0.130. The van der Waals surface area contributed by atoms with Crippen molar-refractivity contribution >= 4 is 15.9 Å². The zero-order chi connectivity index (χ0) is 16.2. The van der Waals surface area contributed by atoms with Crippen LogP contribution in [-0.4, -0.2) is 44.9 Å². The van der Waals surface area contributed by atoms with Gasteiger partial charge in [0.15, 0.2) is 5.90 Å². The van der Waals surface area contributed by atoms with Gasteiger partial charge < -0.3 is 4.74 Å². The lowest BCUT2D eigenvalue weighted by atomic mass is 10.1. The molecule has 2 rings (SSSR count). The minimum atomic E-state index is -3.42. The van der Waals surface area contributed by atoms with E-state index in [1.54, 1.807) is 37.4 Å². The molecule has 0 aromatic heterocycles. The van der Waals surface area contributed by atoms with Gasteiger partial charge >= 0.3 is 0 Å². The Kier molecular flexibility index (Phi) is 5.58. The molecule has 1 aliphatic rings. The standard InChI is InChI=1S/C16H24N2O3S/c1-4-14-12-21-16(17-14)13(2)10-11-18(3)22(19,20)15-8-6-5-7-9-15/h5-9,13-14H,4,10-12H2,1-3H3/t13?,14-/m1/s1. The lowest BCUT2D eigenvalue weighted by molar-refractivity contribution is 0.292. The van der Waals surface area contributed by atoms with Crippen LogP contribution in [0, 0.1) is 5.92 Å². The molecule has 1 aromatic rings. The number of sulfonamides is 1. The third kappa shape index (κ3) is 3.87. The summed E-state index contributed by atoms with van der Waals surface area (Å²) in [5, 5.41) is 0. The molecule has 1 aliphatic heterocycles. The molecule has 122 valence electrons. The van der Waals surface area contributed by atoms with Crippen molar-refractivity contribution in [2.75, 3.05) is 20.2 Å². The molecule has 0 N–H and O–H groups in total. The monoisotopic (exact) mass is 324 g/mol. The zero-order valence-electron chi connectivity index (χ0n) is 13.4. The van der Waals surface area contributed by atoms with Crippen LogP contribution in [0.15, 0.2) is 40.2 Å². The summed E-state index contributed by atoms with van der Waals surface area (Å²) < 4.78 is 31.9. The first kappa shape index (κ1) is 17.0. The van der Waals surface area contributed by atoms with Crippen molar-refractivity contribution in [1.82, 2.24) is 4.31 Å². The van der Waals surface area contributed by atoms with Gasteiger partial charge in [-0.3, -0.25) is 0 Å². The Morgan fingerprint density at radius 2 is 2.05 bits per heavy atom. The van der Waals surface area contributed by atoms with Gasteiger partial charge in [0.25, 0.3) is 0 Å². The van der Waals surface area contributed by atoms with Crippen LogP contribution >= 0.6 is 0 Å². The van der Waals surface area contributed by atoms with Gasteiger partial charge in [0.2, 0.25) is 10.0 Å². The molecule has 0 amide bonds. The quantitative estimate of drug-likeness (QED) is 0.774. The molecule has 1 unspecified atom stereocenters. The Bertz CT molecular complexity index is 614. The Morgan fingerprint density at radius 1 is 1.36 bits per heavy atom. The predicted octanol–water partition coefficient (Wildman–Crippen LogP) is 2.54. The van der Waals surface area contributed by atoms with Gasteiger partial charge in [0.05, 0.1) is 10.9 Å². The van der Waals surface area contributed by atoms with Crippen molar-refractivity contribution in [1.29, 1.82) is 0 Å². The lowest BCUT2D eigenvalue weighted by Crippen LogP contribution is -2.30. The van der Waals surface area contributed by atoms with Crippen LogP contribution in [0.1, 0.15) is 26.7 Å². The van der Waals surface area contributed by atoms with Crippen molar-refractivity contribution in [3.63, 3.8) is 0 Å². The average molecular weight is 324 g/mol. The first-order valence-electron chi connectivity index (χ1n) is 7.67.